The van der Waals surface area contributed by atoms with Gasteiger partial charge in [0.1, 0.15) is 0 Å². The number of aryl methyl sites for hydroxylation is 1. The van der Waals surface area contributed by atoms with Crippen molar-refractivity contribution in [2.24, 2.45) is 0 Å². The lowest BCUT2D eigenvalue weighted by molar-refractivity contribution is -0.137. The molecule has 5 heteroatoms. The fourth-order valence-corrected chi connectivity index (χ4v) is 2.02. The predicted molar refractivity (Wildman–Crippen MR) is 83.7 cm³/mol. The van der Waals surface area contributed by atoms with Crippen LogP contribution in [0.25, 0.3) is 0 Å². The second kappa shape index (κ2) is 9.00. The van der Waals surface area contributed by atoms with E-state index in [1.807, 2.05) is 31.2 Å². The van der Waals surface area contributed by atoms with Crippen molar-refractivity contribution in [1.29, 1.82) is 0 Å². The SMILES string of the molecule is Cc1cccc(N(C)C(=O)NCCCCCCC(=O)O)c1. The van der Waals surface area contributed by atoms with Gasteiger partial charge in [-0.25, -0.2) is 4.79 Å². The summed E-state index contributed by atoms with van der Waals surface area (Å²) in [4.78, 5) is 23.9. The van der Waals surface area contributed by atoms with Crippen LogP contribution in [0.2, 0.25) is 0 Å². The van der Waals surface area contributed by atoms with Gasteiger partial charge >= 0.3 is 12.0 Å². The summed E-state index contributed by atoms with van der Waals surface area (Å²) in [5, 5.41) is 11.4. The van der Waals surface area contributed by atoms with E-state index in [0.29, 0.717) is 13.0 Å². The maximum Gasteiger partial charge on any atom is 0.321 e. The van der Waals surface area contributed by atoms with Gasteiger partial charge in [0, 0.05) is 25.7 Å². The van der Waals surface area contributed by atoms with Crippen molar-refractivity contribution >= 4 is 17.7 Å². The van der Waals surface area contributed by atoms with E-state index < -0.39 is 5.97 Å². The molecule has 1 rings (SSSR count). The Morgan fingerprint density at radius 2 is 1.90 bits per heavy atom. The van der Waals surface area contributed by atoms with E-state index in [1.165, 1.54) is 0 Å². The minimum atomic E-state index is -0.747. The lowest BCUT2D eigenvalue weighted by atomic mass is 10.1. The highest BCUT2D eigenvalue weighted by molar-refractivity contribution is 5.91. The first-order valence-electron chi connectivity index (χ1n) is 7.30. The minimum absolute atomic E-state index is 0.119. The molecule has 0 aliphatic carbocycles. The first kappa shape index (κ1) is 17.0. The minimum Gasteiger partial charge on any atom is -0.481 e. The van der Waals surface area contributed by atoms with E-state index in [-0.39, 0.29) is 12.5 Å². The molecule has 0 atom stereocenters. The van der Waals surface area contributed by atoms with Gasteiger partial charge in [0.2, 0.25) is 0 Å². The first-order chi connectivity index (χ1) is 10.0. The summed E-state index contributed by atoms with van der Waals surface area (Å²) in [6.07, 6.45) is 3.61. The molecular weight excluding hydrogens is 268 g/mol. The van der Waals surface area contributed by atoms with E-state index in [2.05, 4.69) is 5.32 Å². The van der Waals surface area contributed by atoms with E-state index in [4.69, 9.17) is 5.11 Å². The van der Waals surface area contributed by atoms with Gasteiger partial charge in [-0.1, -0.05) is 25.0 Å². The van der Waals surface area contributed by atoms with E-state index in [9.17, 15) is 9.59 Å². The monoisotopic (exact) mass is 292 g/mol. The van der Waals surface area contributed by atoms with Crippen LogP contribution in [0.5, 0.6) is 0 Å². The summed E-state index contributed by atoms with van der Waals surface area (Å²) in [7, 11) is 1.75. The highest BCUT2D eigenvalue weighted by Gasteiger charge is 2.09. The van der Waals surface area contributed by atoms with Crippen LogP contribution in [0.4, 0.5) is 10.5 Å². The molecule has 0 radical (unpaired) electrons. The molecule has 0 unspecified atom stereocenters. The topological polar surface area (TPSA) is 69.6 Å². The summed E-state index contributed by atoms with van der Waals surface area (Å²) in [6.45, 7) is 2.61. The van der Waals surface area contributed by atoms with Crippen LogP contribution in [-0.4, -0.2) is 30.7 Å². The highest BCUT2D eigenvalue weighted by Crippen LogP contribution is 2.14. The smallest absolute Gasteiger partial charge is 0.321 e. The van der Waals surface area contributed by atoms with Crippen LogP contribution in [0, 0.1) is 6.92 Å². The second-order valence-electron chi connectivity index (χ2n) is 5.19. The first-order valence-corrected chi connectivity index (χ1v) is 7.30. The number of carbonyl (C=O) groups excluding carboxylic acids is 1. The molecule has 0 saturated carbocycles. The maximum absolute atomic E-state index is 12.0. The molecule has 0 spiro atoms. The molecule has 0 aliphatic rings. The number of aliphatic carboxylic acids is 1. The number of carboxylic acids is 1. The van der Waals surface area contributed by atoms with Crippen LogP contribution in [0.3, 0.4) is 0 Å². The fraction of sp³-hybridized carbons (Fsp3) is 0.500. The number of carboxylic acid groups (broad SMARTS) is 1. The van der Waals surface area contributed by atoms with Crippen LogP contribution >= 0.6 is 0 Å². The molecule has 116 valence electrons. The van der Waals surface area contributed by atoms with Gasteiger partial charge in [-0.2, -0.15) is 0 Å². The molecule has 1 aromatic carbocycles. The standard InChI is InChI=1S/C16H24N2O3/c1-13-8-7-9-14(12-13)18(2)16(21)17-11-6-4-3-5-10-15(19)20/h7-9,12H,3-6,10-11H2,1-2H3,(H,17,21)(H,19,20). The fourth-order valence-electron chi connectivity index (χ4n) is 2.02. The number of rotatable bonds is 8. The lowest BCUT2D eigenvalue weighted by Crippen LogP contribution is -2.37. The Bertz CT molecular complexity index is 474. The number of hydrogen-bond donors (Lipinski definition) is 2. The van der Waals surface area contributed by atoms with Crippen molar-refractivity contribution in [2.75, 3.05) is 18.5 Å². The third-order valence-corrected chi connectivity index (χ3v) is 3.29. The molecular formula is C16H24N2O3. The summed E-state index contributed by atoms with van der Waals surface area (Å²) in [5.41, 5.74) is 1.99. The van der Waals surface area contributed by atoms with E-state index in [1.54, 1.807) is 11.9 Å². The van der Waals surface area contributed by atoms with Gasteiger partial charge in [-0.15, -0.1) is 0 Å². The average Bonchev–Trinajstić information content (AvgIpc) is 2.45. The highest BCUT2D eigenvalue weighted by atomic mass is 16.4. The zero-order valence-electron chi connectivity index (χ0n) is 12.8. The number of nitrogens with zero attached hydrogens (tertiary/aromatic N) is 1. The maximum atomic E-state index is 12.0. The predicted octanol–water partition coefficient (Wildman–Crippen LogP) is 3.18. The van der Waals surface area contributed by atoms with Crippen molar-refractivity contribution in [1.82, 2.24) is 5.32 Å². The van der Waals surface area contributed by atoms with Crippen LogP contribution in [0.15, 0.2) is 24.3 Å². The number of anilines is 1. The van der Waals surface area contributed by atoms with Crippen molar-refractivity contribution in [3.05, 3.63) is 29.8 Å². The molecule has 1 aromatic rings. The molecule has 0 bridgehead atoms. The van der Waals surface area contributed by atoms with Gasteiger partial charge in [0.05, 0.1) is 0 Å². The molecule has 0 aliphatic heterocycles. The molecule has 21 heavy (non-hydrogen) atoms. The molecule has 0 heterocycles. The van der Waals surface area contributed by atoms with Crippen molar-refractivity contribution in [2.45, 2.75) is 39.0 Å². The molecule has 2 N–H and O–H groups in total. The number of nitrogens with one attached hydrogen (secondary N) is 1. The van der Waals surface area contributed by atoms with Crippen LogP contribution in [0.1, 0.15) is 37.7 Å². The Morgan fingerprint density at radius 1 is 1.19 bits per heavy atom. The van der Waals surface area contributed by atoms with Gasteiger partial charge in [0.25, 0.3) is 0 Å². The zero-order valence-corrected chi connectivity index (χ0v) is 12.8. The molecule has 0 saturated heterocycles. The van der Waals surface area contributed by atoms with Crippen LogP contribution in [-0.2, 0) is 4.79 Å². The van der Waals surface area contributed by atoms with Gasteiger partial charge in [-0.3, -0.25) is 9.69 Å². The van der Waals surface area contributed by atoms with Crippen molar-refractivity contribution < 1.29 is 14.7 Å². The third kappa shape index (κ3) is 6.79. The molecule has 0 aromatic heterocycles. The third-order valence-electron chi connectivity index (χ3n) is 3.29. The second-order valence-corrected chi connectivity index (χ2v) is 5.19. The summed E-state index contributed by atoms with van der Waals surface area (Å²) < 4.78 is 0. The van der Waals surface area contributed by atoms with Gasteiger partial charge in [-0.05, 0) is 37.5 Å². The molecule has 5 nitrogen and oxygen atoms in total. The summed E-state index contributed by atoms with van der Waals surface area (Å²) in [6, 6.07) is 7.67. The van der Waals surface area contributed by atoms with E-state index in [0.717, 1.165) is 30.5 Å². The molecule has 0 fully saturated rings. The number of hydrogen-bond acceptors (Lipinski definition) is 2. The zero-order chi connectivity index (χ0) is 15.7. The van der Waals surface area contributed by atoms with Gasteiger partial charge in [0.15, 0.2) is 0 Å². The molecule has 2 amide bonds. The Kier molecular flexibility index (Phi) is 7.29. The number of unbranched alkanes of at least 4 members (excludes halogenated alkanes) is 3. The van der Waals surface area contributed by atoms with Crippen LogP contribution < -0.4 is 10.2 Å². The van der Waals surface area contributed by atoms with Crippen molar-refractivity contribution in [3.63, 3.8) is 0 Å². The quantitative estimate of drug-likeness (QED) is 0.723. The number of amides is 2. The Morgan fingerprint density at radius 3 is 2.57 bits per heavy atom. The average molecular weight is 292 g/mol. The summed E-state index contributed by atoms with van der Waals surface area (Å²) in [5.74, 6) is -0.747. The summed E-state index contributed by atoms with van der Waals surface area (Å²) >= 11 is 0. The number of carbonyl (C=O) groups is 2. The Labute approximate surface area is 126 Å². The lowest BCUT2D eigenvalue weighted by Gasteiger charge is -2.18. The van der Waals surface area contributed by atoms with Crippen molar-refractivity contribution in [3.8, 4) is 0 Å². The normalized spacial score (nSPS) is 10.2. The van der Waals surface area contributed by atoms with E-state index >= 15 is 0 Å². The Balaban J connectivity index is 2.20. The Hall–Kier alpha value is -2.04. The number of urea groups is 1. The largest absolute Gasteiger partial charge is 0.481 e. The number of benzene rings is 1. The van der Waals surface area contributed by atoms with Gasteiger partial charge < -0.3 is 10.4 Å².